The molecular formula is C27H21Cl3N2O4. The highest BCUT2D eigenvalue weighted by Gasteiger charge is 2.31. The normalized spacial score (nSPS) is 14.5. The lowest BCUT2D eigenvalue weighted by Crippen LogP contribution is -2.21. The minimum atomic E-state index is -0.665. The van der Waals surface area contributed by atoms with E-state index in [1.54, 1.807) is 30.3 Å². The van der Waals surface area contributed by atoms with E-state index in [2.05, 4.69) is 6.07 Å². The Kier molecular flexibility index (Phi) is 7.95. The molecule has 1 atom stereocenters. The Morgan fingerprint density at radius 3 is 2.53 bits per heavy atom. The molecule has 9 heteroatoms. The summed E-state index contributed by atoms with van der Waals surface area (Å²) in [5, 5.41) is 10.7. The second kappa shape index (κ2) is 11.1. The number of benzene rings is 3. The Balaban J connectivity index is 1.60. The Morgan fingerprint density at radius 2 is 1.86 bits per heavy atom. The van der Waals surface area contributed by atoms with Crippen LogP contribution in [0.5, 0.6) is 17.2 Å². The molecule has 0 radical (unpaired) electrons. The lowest BCUT2D eigenvalue weighted by atomic mass is 9.83. The molecule has 4 rings (SSSR count). The fourth-order valence-corrected chi connectivity index (χ4v) is 4.62. The second-order valence-electron chi connectivity index (χ2n) is 8.04. The average molecular weight is 544 g/mol. The Labute approximate surface area is 223 Å². The first kappa shape index (κ1) is 25.7. The van der Waals surface area contributed by atoms with Crippen LogP contribution in [-0.2, 0) is 0 Å². The van der Waals surface area contributed by atoms with Crippen LogP contribution in [0, 0.1) is 11.3 Å². The highest BCUT2D eigenvalue weighted by Crippen LogP contribution is 2.44. The molecule has 0 bridgehead atoms. The average Bonchev–Trinajstić information content (AvgIpc) is 2.84. The van der Waals surface area contributed by atoms with E-state index >= 15 is 0 Å². The molecule has 1 heterocycles. The van der Waals surface area contributed by atoms with Crippen molar-refractivity contribution in [3.05, 3.63) is 97.8 Å². The lowest BCUT2D eigenvalue weighted by Gasteiger charge is -2.26. The van der Waals surface area contributed by atoms with Gasteiger partial charge >= 0.3 is 5.97 Å². The Bertz CT molecular complexity index is 1380. The number of rotatable bonds is 7. The van der Waals surface area contributed by atoms with Gasteiger partial charge in [-0.3, -0.25) is 0 Å². The number of halogens is 3. The third-order valence-electron chi connectivity index (χ3n) is 5.56. The number of carbonyl (C=O) groups excluding carboxylic acids is 1. The number of allylic oxidation sites excluding steroid dienone is 1. The van der Waals surface area contributed by atoms with Crippen molar-refractivity contribution in [1.29, 1.82) is 5.26 Å². The van der Waals surface area contributed by atoms with Crippen LogP contribution in [0.15, 0.2) is 66.1 Å². The van der Waals surface area contributed by atoms with Crippen LogP contribution in [0.25, 0.3) is 0 Å². The third-order valence-corrected chi connectivity index (χ3v) is 6.36. The van der Waals surface area contributed by atoms with Crippen LogP contribution < -0.4 is 19.9 Å². The molecule has 0 aliphatic carbocycles. The van der Waals surface area contributed by atoms with Gasteiger partial charge in [-0.05, 0) is 42.3 Å². The largest absolute Gasteiger partial charge is 0.490 e. The van der Waals surface area contributed by atoms with Gasteiger partial charge in [-0.25, -0.2) is 4.79 Å². The molecular weight excluding hydrogens is 523 g/mol. The molecule has 0 amide bonds. The van der Waals surface area contributed by atoms with Crippen LogP contribution in [0.4, 0.5) is 0 Å². The molecule has 36 heavy (non-hydrogen) atoms. The molecule has 2 N–H and O–H groups in total. The standard InChI is InChI=1S/C27H21Cl3N2O4/c1-2-3-9-34-25-21(29)11-16(12-22(25)30)27(33)35-18-7-8-19-23(13-18)36-26(32)20(14-31)24(19)15-5-4-6-17(28)10-15/h4-8,10-13,24H,2-3,9,32H2,1H3. The molecule has 1 unspecified atom stereocenters. The minimum absolute atomic E-state index is 0.0318. The summed E-state index contributed by atoms with van der Waals surface area (Å²) >= 11 is 18.8. The zero-order valence-corrected chi connectivity index (χ0v) is 21.5. The first-order chi connectivity index (χ1) is 17.3. The van der Waals surface area contributed by atoms with E-state index in [1.165, 1.54) is 18.2 Å². The number of hydrogen-bond acceptors (Lipinski definition) is 6. The lowest BCUT2D eigenvalue weighted by molar-refractivity contribution is 0.0734. The minimum Gasteiger partial charge on any atom is -0.490 e. The summed E-state index contributed by atoms with van der Waals surface area (Å²) in [5.41, 5.74) is 7.94. The van der Waals surface area contributed by atoms with Gasteiger partial charge in [-0.1, -0.05) is 66.3 Å². The van der Waals surface area contributed by atoms with Gasteiger partial charge < -0.3 is 19.9 Å². The van der Waals surface area contributed by atoms with Crippen molar-refractivity contribution in [2.45, 2.75) is 25.7 Å². The van der Waals surface area contributed by atoms with Crippen molar-refractivity contribution in [3.8, 4) is 23.3 Å². The molecule has 0 saturated carbocycles. The molecule has 0 fully saturated rings. The summed E-state index contributed by atoms with van der Waals surface area (Å²) in [4.78, 5) is 12.8. The molecule has 184 valence electrons. The zero-order chi connectivity index (χ0) is 25.8. The molecule has 3 aromatic rings. The molecule has 0 spiro atoms. The van der Waals surface area contributed by atoms with Gasteiger partial charge in [0.15, 0.2) is 5.75 Å². The van der Waals surface area contributed by atoms with Gasteiger partial charge in [-0.15, -0.1) is 0 Å². The van der Waals surface area contributed by atoms with Crippen LogP contribution in [0.2, 0.25) is 15.1 Å². The van der Waals surface area contributed by atoms with Crippen LogP contribution in [0.1, 0.15) is 47.2 Å². The predicted molar refractivity (Wildman–Crippen MR) is 139 cm³/mol. The zero-order valence-electron chi connectivity index (χ0n) is 19.2. The number of fused-ring (bicyclic) bond motifs is 1. The van der Waals surface area contributed by atoms with Crippen molar-refractivity contribution in [2.24, 2.45) is 5.73 Å². The maximum atomic E-state index is 12.8. The van der Waals surface area contributed by atoms with Crippen molar-refractivity contribution in [2.75, 3.05) is 6.61 Å². The van der Waals surface area contributed by atoms with Crippen molar-refractivity contribution in [3.63, 3.8) is 0 Å². The fourth-order valence-electron chi connectivity index (χ4n) is 3.83. The van der Waals surface area contributed by atoms with E-state index in [4.69, 9.17) is 54.7 Å². The van der Waals surface area contributed by atoms with E-state index in [0.29, 0.717) is 28.7 Å². The monoisotopic (exact) mass is 542 g/mol. The number of nitrogens with two attached hydrogens (primary N) is 1. The smallest absolute Gasteiger partial charge is 0.343 e. The number of esters is 1. The van der Waals surface area contributed by atoms with Gasteiger partial charge in [0.05, 0.1) is 28.1 Å². The highest BCUT2D eigenvalue weighted by molar-refractivity contribution is 6.37. The van der Waals surface area contributed by atoms with Crippen molar-refractivity contribution in [1.82, 2.24) is 0 Å². The van der Waals surface area contributed by atoms with E-state index in [0.717, 1.165) is 18.4 Å². The van der Waals surface area contributed by atoms with Gasteiger partial charge in [0.1, 0.15) is 23.1 Å². The Morgan fingerprint density at radius 1 is 1.11 bits per heavy atom. The first-order valence-corrected chi connectivity index (χ1v) is 12.3. The number of ether oxygens (including phenoxy) is 3. The van der Waals surface area contributed by atoms with E-state index < -0.39 is 11.9 Å². The summed E-state index contributed by atoms with van der Waals surface area (Å²) in [5.74, 6) is -0.281. The van der Waals surface area contributed by atoms with Gasteiger partial charge in [0, 0.05) is 16.7 Å². The van der Waals surface area contributed by atoms with Crippen molar-refractivity contribution >= 4 is 40.8 Å². The summed E-state index contributed by atoms with van der Waals surface area (Å²) in [6.45, 7) is 2.51. The molecule has 0 aromatic heterocycles. The number of nitrogens with zero attached hydrogens (tertiary/aromatic N) is 1. The van der Waals surface area contributed by atoms with Gasteiger partial charge in [0.2, 0.25) is 5.88 Å². The van der Waals surface area contributed by atoms with E-state index in [-0.39, 0.29) is 32.8 Å². The summed E-state index contributed by atoms with van der Waals surface area (Å²) in [6, 6.07) is 17.1. The third kappa shape index (κ3) is 5.39. The number of unbranched alkanes of at least 4 members (excludes halogenated alkanes) is 1. The van der Waals surface area contributed by atoms with Crippen LogP contribution >= 0.6 is 34.8 Å². The summed E-state index contributed by atoms with van der Waals surface area (Å²) in [7, 11) is 0. The quantitative estimate of drug-likeness (QED) is 0.191. The first-order valence-electron chi connectivity index (χ1n) is 11.1. The molecule has 3 aromatic carbocycles. The van der Waals surface area contributed by atoms with Gasteiger partial charge in [-0.2, -0.15) is 5.26 Å². The predicted octanol–water partition coefficient (Wildman–Crippen LogP) is 7.26. The fraction of sp³-hybridized carbons (Fsp3) is 0.185. The van der Waals surface area contributed by atoms with Crippen LogP contribution in [-0.4, -0.2) is 12.6 Å². The second-order valence-corrected chi connectivity index (χ2v) is 9.29. The van der Waals surface area contributed by atoms with E-state index in [9.17, 15) is 10.1 Å². The maximum absolute atomic E-state index is 12.8. The number of carbonyl (C=O) groups is 1. The SMILES string of the molecule is CCCCOc1c(Cl)cc(C(=O)Oc2ccc3c(c2)OC(N)=C(C#N)C3c2cccc(Cl)c2)cc1Cl. The van der Waals surface area contributed by atoms with Crippen molar-refractivity contribution < 1.29 is 19.0 Å². The topological polar surface area (TPSA) is 94.6 Å². The molecule has 6 nitrogen and oxygen atoms in total. The molecule has 0 saturated heterocycles. The van der Waals surface area contributed by atoms with E-state index in [1.807, 2.05) is 13.0 Å². The highest BCUT2D eigenvalue weighted by atomic mass is 35.5. The number of hydrogen-bond donors (Lipinski definition) is 1. The molecule has 1 aliphatic heterocycles. The number of nitriles is 1. The maximum Gasteiger partial charge on any atom is 0.343 e. The van der Waals surface area contributed by atoms with Crippen LogP contribution in [0.3, 0.4) is 0 Å². The summed E-state index contributed by atoms with van der Waals surface area (Å²) in [6.07, 6.45) is 1.81. The summed E-state index contributed by atoms with van der Waals surface area (Å²) < 4.78 is 16.9. The van der Waals surface area contributed by atoms with Gasteiger partial charge in [0.25, 0.3) is 0 Å². The molecule has 1 aliphatic rings. The Hall–Kier alpha value is -3.37.